The van der Waals surface area contributed by atoms with Gasteiger partial charge in [0.25, 0.3) is 0 Å². The Hall–Kier alpha value is -0.0800. The van der Waals surface area contributed by atoms with Gasteiger partial charge in [0, 0.05) is 12.6 Å². The Morgan fingerprint density at radius 2 is 2.14 bits per heavy atom. The van der Waals surface area contributed by atoms with Crippen molar-refractivity contribution >= 4 is 0 Å². The lowest BCUT2D eigenvalue weighted by molar-refractivity contribution is 0.310. The van der Waals surface area contributed by atoms with Gasteiger partial charge in [0.1, 0.15) is 0 Å². The smallest absolute Gasteiger partial charge is 0.0195 e. The fourth-order valence-electron chi connectivity index (χ4n) is 2.37. The van der Waals surface area contributed by atoms with Crippen molar-refractivity contribution in [1.82, 2.24) is 10.6 Å². The average Bonchev–Trinajstić information content (AvgIpc) is 2.96. The highest BCUT2D eigenvalue weighted by Crippen LogP contribution is 2.31. The quantitative estimate of drug-likeness (QED) is 0.655. The van der Waals surface area contributed by atoms with Gasteiger partial charge in [-0.2, -0.15) is 0 Å². The van der Waals surface area contributed by atoms with Gasteiger partial charge in [-0.25, -0.2) is 0 Å². The summed E-state index contributed by atoms with van der Waals surface area (Å²) >= 11 is 0. The summed E-state index contributed by atoms with van der Waals surface area (Å²) in [5, 5.41) is 7.18. The largest absolute Gasteiger partial charge is 0.315 e. The second kappa shape index (κ2) is 5.13. The van der Waals surface area contributed by atoms with Crippen LogP contribution >= 0.6 is 0 Å². The molecule has 1 aliphatic carbocycles. The van der Waals surface area contributed by atoms with Crippen LogP contribution in [-0.4, -0.2) is 25.7 Å². The van der Waals surface area contributed by atoms with E-state index in [1.54, 1.807) is 0 Å². The van der Waals surface area contributed by atoms with Crippen molar-refractivity contribution in [2.45, 2.75) is 45.1 Å². The maximum atomic E-state index is 3.59. The highest BCUT2D eigenvalue weighted by Gasteiger charge is 2.21. The third-order valence-electron chi connectivity index (χ3n) is 3.57. The second-order valence-electron chi connectivity index (χ2n) is 5.22. The van der Waals surface area contributed by atoms with Crippen molar-refractivity contribution < 1.29 is 0 Å². The van der Waals surface area contributed by atoms with Crippen LogP contribution in [0.5, 0.6) is 0 Å². The SMILES string of the molecule is CC1CCNC(CNCCC2CC2)C1. The molecule has 0 amide bonds. The van der Waals surface area contributed by atoms with Gasteiger partial charge in [-0.05, 0) is 44.2 Å². The van der Waals surface area contributed by atoms with Crippen molar-refractivity contribution in [3.05, 3.63) is 0 Å². The van der Waals surface area contributed by atoms with E-state index in [-0.39, 0.29) is 0 Å². The third kappa shape index (κ3) is 3.58. The Balaban J connectivity index is 1.50. The predicted molar refractivity (Wildman–Crippen MR) is 60.4 cm³/mol. The summed E-state index contributed by atoms with van der Waals surface area (Å²) in [7, 11) is 0. The van der Waals surface area contributed by atoms with Gasteiger partial charge in [-0.3, -0.25) is 0 Å². The Morgan fingerprint density at radius 3 is 2.86 bits per heavy atom. The molecular weight excluding hydrogens is 172 g/mol. The van der Waals surface area contributed by atoms with Crippen LogP contribution in [-0.2, 0) is 0 Å². The number of nitrogens with one attached hydrogen (secondary N) is 2. The first kappa shape index (κ1) is 10.4. The minimum absolute atomic E-state index is 0.734. The first-order chi connectivity index (χ1) is 6.84. The number of rotatable bonds is 5. The Labute approximate surface area is 87.8 Å². The molecule has 0 aromatic carbocycles. The fourth-order valence-corrected chi connectivity index (χ4v) is 2.37. The first-order valence-corrected chi connectivity index (χ1v) is 6.28. The first-order valence-electron chi connectivity index (χ1n) is 6.28. The van der Waals surface area contributed by atoms with Crippen molar-refractivity contribution in [1.29, 1.82) is 0 Å². The summed E-state index contributed by atoms with van der Waals surface area (Å²) in [6, 6.07) is 0.734. The van der Waals surface area contributed by atoms with E-state index in [9.17, 15) is 0 Å². The molecule has 2 unspecified atom stereocenters. The molecule has 2 rings (SSSR count). The van der Waals surface area contributed by atoms with Gasteiger partial charge in [0.15, 0.2) is 0 Å². The van der Waals surface area contributed by atoms with Crippen LogP contribution in [0.15, 0.2) is 0 Å². The van der Waals surface area contributed by atoms with Crippen molar-refractivity contribution in [2.24, 2.45) is 11.8 Å². The van der Waals surface area contributed by atoms with E-state index in [1.165, 1.54) is 51.7 Å². The van der Waals surface area contributed by atoms with E-state index in [0.29, 0.717) is 0 Å². The van der Waals surface area contributed by atoms with Crippen molar-refractivity contribution in [3.63, 3.8) is 0 Å². The molecule has 2 heteroatoms. The molecule has 1 saturated heterocycles. The minimum atomic E-state index is 0.734. The Kier molecular flexibility index (Phi) is 3.82. The van der Waals surface area contributed by atoms with E-state index in [2.05, 4.69) is 17.6 Å². The van der Waals surface area contributed by atoms with Crippen LogP contribution < -0.4 is 10.6 Å². The van der Waals surface area contributed by atoms with Gasteiger partial charge in [-0.15, -0.1) is 0 Å². The lowest BCUT2D eigenvalue weighted by atomic mass is 9.94. The monoisotopic (exact) mass is 196 g/mol. The Bertz CT molecular complexity index is 166. The number of hydrogen-bond donors (Lipinski definition) is 2. The summed E-state index contributed by atoms with van der Waals surface area (Å²) in [5.41, 5.74) is 0. The van der Waals surface area contributed by atoms with Crippen LogP contribution in [0.1, 0.15) is 39.0 Å². The molecule has 82 valence electrons. The molecule has 0 aromatic heterocycles. The van der Waals surface area contributed by atoms with Crippen LogP contribution in [0.25, 0.3) is 0 Å². The molecule has 2 atom stereocenters. The molecule has 0 bridgehead atoms. The van der Waals surface area contributed by atoms with E-state index in [1.807, 2.05) is 0 Å². The molecule has 2 aliphatic rings. The standard InChI is InChI=1S/C12H24N2/c1-10-4-7-14-12(8-10)9-13-6-5-11-2-3-11/h10-14H,2-9H2,1H3. The van der Waals surface area contributed by atoms with Crippen molar-refractivity contribution in [2.75, 3.05) is 19.6 Å². The fraction of sp³-hybridized carbons (Fsp3) is 1.00. The molecule has 1 heterocycles. The molecule has 0 radical (unpaired) electrons. The topological polar surface area (TPSA) is 24.1 Å². The predicted octanol–water partition coefficient (Wildman–Crippen LogP) is 1.76. The molecular formula is C12H24N2. The summed E-state index contributed by atoms with van der Waals surface area (Å²) < 4.78 is 0. The average molecular weight is 196 g/mol. The normalized spacial score (nSPS) is 33.2. The van der Waals surface area contributed by atoms with Gasteiger partial charge in [0.2, 0.25) is 0 Å². The van der Waals surface area contributed by atoms with Crippen LogP contribution in [0.3, 0.4) is 0 Å². The minimum Gasteiger partial charge on any atom is -0.315 e. The van der Waals surface area contributed by atoms with Gasteiger partial charge in [0.05, 0.1) is 0 Å². The van der Waals surface area contributed by atoms with E-state index >= 15 is 0 Å². The summed E-state index contributed by atoms with van der Waals surface area (Å²) in [4.78, 5) is 0. The molecule has 0 aromatic rings. The molecule has 14 heavy (non-hydrogen) atoms. The highest BCUT2D eigenvalue weighted by molar-refractivity contribution is 4.79. The maximum absolute atomic E-state index is 3.59. The summed E-state index contributed by atoms with van der Waals surface area (Å²) in [5.74, 6) is 1.99. The second-order valence-corrected chi connectivity index (χ2v) is 5.22. The van der Waals surface area contributed by atoms with Crippen LogP contribution in [0.4, 0.5) is 0 Å². The third-order valence-corrected chi connectivity index (χ3v) is 3.57. The van der Waals surface area contributed by atoms with Crippen LogP contribution in [0.2, 0.25) is 0 Å². The lowest BCUT2D eigenvalue weighted by Gasteiger charge is -2.28. The highest BCUT2D eigenvalue weighted by atomic mass is 15.0. The zero-order valence-corrected chi connectivity index (χ0v) is 9.39. The van der Waals surface area contributed by atoms with E-state index in [0.717, 1.165) is 17.9 Å². The Morgan fingerprint density at radius 1 is 1.29 bits per heavy atom. The summed E-state index contributed by atoms with van der Waals surface area (Å²) in [6.45, 7) is 6.00. The zero-order chi connectivity index (χ0) is 9.80. The molecule has 1 saturated carbocycles. The van der Waals surface area contributed by atoms with E-state index in [4.69, 9.17) is 0 Å². The molecule has 0 spiro atoms. The lowest BCUT2D eigenvalue weighted by Crippen LogP contribution is -2.44. The summed E-state index contributed by atoms with van der Waals surface area (Å²) in [6.07, 6.45) is 7.10. The zero-order valence-electron chi connectivity index (χ0n) is 9.39. The number of piperidine rings is 1. The maximum Gasteiger partial charge on any atom is 0.0195 e. The van der Waals surface area contributed by atoms with Crippen LogP contribution in [0, 0.1) is 11.8 Å². The van der Waals surface area contributed by atoms with E-state index < -0.39 is 0 Å². The van der Waals surface area contributed by atoms with Gasteiger partial charge in [-0.1, -0.05) is 19.8 Å². The van der Waals surface area contributed by atoms with Gasteiger partial charge < -0.3 is 10.6 Å². The van der Waals surface area contributed by atoms with Gasteiger partial charge >= 0.3 is 0 Å². The number of hydrogen-bond acceptors (Lipinski definition) is 2. The van der Waals surface area contributed by atoms with Crippen molar-refractivity contribution in [3.8, 4) is 0 Å². The molecule has 2 nitrogen and oxygen atoms in total. The molecule has 1 aliphatic heterocycles. The molecule has 2 N–H and O–H groups in total. The molecule has 2 fully saturated rings.